The highest BCUT2D eigenvalue weighted by Crippen LogP contribution is 2.24. The first-order valence-corrected chi connectivity index (χ1v) is 8.78. The summed E-state index contributed by atoms with van der Waals surface area (Å²) in [7, 11) is 0. The smallest absolute Gasteiger partial charge is 0.220 e. The summed E-state index contributed by atoms with van der Waals surface area (Å²) in [4.78, 5) is 12.2. The Morgan fingerprint density at radius 2 is 1.62 bits per heavy atom. The van der Waals surface area contributed by atoms with E-state index in [1.165, 1.54) is 5.56 Å². The van der Waals surface area contributed by atoms with Crippen molar-refractivity contribution in [3.63, 3.8) is 0 Å². The third-order valence-electron chi connectivity index (χ3n) is 4.21. The highest BCUT2D eigenvalue weighted by Gasteiger charge is 2.15. The van der Waals surface area contributed by atoms with Gasteiger partial charge in [0.1, 0.15) is 0 Å². The van der Waals surface area contributed by atoms with E-state index in [0.29, 0.717) is 6.42 Å². The third kappa shape index (κ3) is 5.38. The minimum Gasteiger partial charge on any atom is -0.350 e. The predicted molar refractivity (Wildman–Crippen MR) is 101 cm³/mol. The molecule has 0 heterocycles. The molecule has 0 aliphatic heterocycles. The van der Waals surface area contributed by atoms with Crippen LogP contribution in [0.1, 0.15) is 56.8 Å². The molecule has 0 saturated heterocycles. The first-order valence-electron chi connectivity index (χ1n) is 8.40. The Bertz CT molecular complexity index is 668. The minimum absolute atomic E-state index is 0.0109. The van der Waals surface area contributed by atoms with Crippen LogP contribution >= 0.6 is 11.6 Å². The number of nitrogens with one attached hydrogen (secondary N) is 1. The molecule has 0 radical (unpaired) electrons. The summed E-state index contributed by atoms with van der Waals surface area (Å²) in [5.41, 5.74) is 3.69. The van der Waals surface area contributed by atoms with Crippen molar-refractivity contribution in [2.45, 2.75) is 52.0 Å². The maximum atomic E-state index is 12.2. The molecule has 0 unspecified atom stereocenters. The van der Waals surface area contributed by atoms with Crippen LogP contribution in [-0.2, 0) is 16.6 Å². The Morgan fingerprint density at radius 1 is 1.04 bits per heavy atom. The van der Waals surface area contributed by atoms with E-state index in [2.05, 4.69) is 50.4 Å². The molecule has 24 heavy (non-hydrogen) atoms. The maximum absolute atomic E-state index is 12.2. The van der Waals surface area contributed by atoms with Crippen LogP contribution in [0.2, 0.25) is 5.02 Å². The molecule has 0 aromatic heterocycles. The van der Waals surface area contributed by atoms with Gasteiger partial charge in [-0.3, -0.25) is 4.79 Å². The van der Waals surface area contributed by atoms with E-state index >= 15 is 0 Å². The lowest BCUT2D eigenvalue weighted by Gasteiger charge is -2.20. The molecular weight excluding hydrogens is 318 g/mol. The van der Waals surface area contributed by atoms with E-state index < -0.39 is 0 Å². The van der Waals surface area contributed by atoms with E-state index in [9.17, 15) is 4.79 Å². The van der Waals surface area contributed by atoms with Gasteiger partial charge in [0.25, 0.3) is 0 Å². The average Bonchev–Trinajstić information content (AvgIpc) is 2.53. The Hall–Kier alpha value is -1.80. The number of amides is 1. The summed E-state index contributed by atoms with van der Waals surface area (Å²) < 4.78 is 0. The standard InChI is InChI=1S/C21H26ClNO/c1-15(17-8-10-18(11-9-17)21(2,3)4)23-20(24)14-7-16-5-12-19(22)13-6-16/h5-6,8-13,15H,7,14H2,1-4H3,(H,23,24)/t15-/m1/s1. The number of carbonyl (C=O) groups excluding carboxylic acids is 1. The molecule has 0 aliphatic rings. The summed E-state index contributed by atoms with van der Waals surface area (Å²) >= 11 is 5.87. The topological polar surface area (TPSA) is 29.1 Å². The van der Waals surface area contributed by atoms with Gasteiger partial charge in [-0.05, 0) is 47.6 Å². The first kappa shape index (κ1) is 18.5. The van der Waals surface area contributed by atoms with Crippen molar-refractivity contribution in [1.29, 1.82) is 0 Å². The molecule has 2 aromatic carbocycles. The Labute approximate surface area is 150 Å². The van der Waals surface area contributed by atoms with Crippen LogP contribution in [0.25, 0.3) is 0 Å². The fourth-order valence-corrected chi connectivity index (χ4v) is 2.70. The molecule has 3 heteroatoms. The lowest BCUT2D eigenvalue weighted by molar-refractivity contribution is -0.121. The number of hydrogen-bond donors (Lipinski definition) is 1. The van der Waals surface area contributed by atoms with Crippen LogP contribution in [0.4, 0.5) is 0 Å². The van der Waals surface area contributed by atoms with Gasteiger partial charge in [-0.1, -0.05) is 68.8 Å². The predicted octanol–water partition coefficient (Wildman–Crippen LogP) is 5.45. The molecule has 1 N–H and O–H groups in total. The molecule has 1 amide bonds. The second-order valence-electron chi connectivity index (χ2n) is 7.29. The molecule has 0 bridgehead atoms. The number of carbonyl (C=O) groups is 1. The normalized spacial score (nSPS) is 12.7. The fourth-order valence-electron chi connectivity index (χ4n) is 2.58. The van der Waals surface area contributed by atoms with Crippen molar-refractivity contribution in [3.8, 4) is 0 Å². The molecule has 0 aliphatic carbocycles. The largest absolute Gasteiger partial charge is 0.350 e. The number of hydrogen-bond acceptors (Lipinski definition) is 1. The molecule has 0 fully saturated rings. The van der Waals surface area contributed by atoms with E-state index in [4.69, 9.17) is 11.6 Å². The molecule has 2 aromatic rings. The van der Waals surface area contributed by atoms with Gasteiger partial charge >= 0.3 is 0 Å². The van der Waals surface area contributed by atoms with E-state index in [1.807, 2.05) is 31.2 Å². The quantitative estimate of drug-likeness (QED) is 0.768. The Balaban J connectivity index is 1.88. The second kappa shape index (κ2) is 7.85. The summed E-state index contributed by atoms with van der Waals surface area (Å²) in [6.45, 7) is 8.62. The van der Waals surface area contributed by atoms with Crippen molar-refractivity contribution in [1.82, 2.24) is 5.32 Å². The highest BCUT2D eigenvalue weighted by atomic mass is 35.5. The Morgan fingerprint density at radius 3 is 2.17 bits per heavy atom. The zero-order valence-electron chi connectivity index (χ0n) is 14.9. The van der Waals surface area contributed by atoms with Crippen LogP contribution < -0.4 is 5.32 Å². The van der Waals surface area contributed by atoms with Gasteiger partial charge in [-0.2, -0.15) is 0 Å². The van der Waals surface area contributed by atoms with E-state index in [-0.39, 0.29) is 17.4 Å². The lowest BCUT2D eigenvalue weighted by Crippen LogP contribution is -2.26. The van der Waals surface area contributed by atoms with Crippen LogP contribution in [0.5, 0.6) is 0 Å². The number of aryl methyl sites for hydroxylation is 1. The maximum Gasteiger partial charge on any atom is 0.220 e. The number of benzene rings is 2. The molecule has 2 nitrogen and oxygen atoms in total. The van der Waals surface area contributed by atoms with Gasteiger partial charge in [-0.15, -0.1) is 0 Å². The van der Waals surface area contributed by atoms with Gasteiger partial charge in [0.2, 0.25) is 5.91 Å². The van der Waals surface area contributed by atoms with Crippen molar-refractivity contribution >= 4 is 17.5 Å². The molecule has 0 saturated carbocycles. The van der Waals surface area contributed by atoms with Gasteiger partial charge in [0.05, 0.1) is 6.04 Å². The molecule has 2 rings (SSSR count). The van der Waals surface area contributed by atoms with Crippen molar-refractivity contribution in [3.05, 3.63) is 70.2 Å². The molecule has 128 valence electrons. The molecule has 1 atom stereocenters. The molecule has 0 spiro atoms. The van der Waals surface area contributed by atoms with Crippen LogP contribution in [0.3, 0.4) is 0 Å². The third-order valence-corrected chi connectivity index (χ3v) is 4.46. The Kier molecular flexibility index (Phi) is 6.06. The van der Waals surface area contributed by atoms with Gasteiger partial charge < -0.3 is 5.32 Å². The second-order valence-corrected chi connectivity index (χ2v) is 7.72. The van der Waals surface area contributed by atoms with Gasteiger partial charge in [-0.25, -0.2) is 0 Å². The van der Waals surface area contributed by atoms with Crippen LogP contribution in [0, 0.1) is 0 Å². The van der Waals surface area contributed by atoms with Crippen molar-refractivity contribution < 1.29 is 4.79 Å². The van der Waals surface area contributed by atoms with Gasteiger partial charge in [0.15, 0.2) is 0 Å². The summed E-state index contributed by atoms with van der Waals surface area (Å²) in [5, 5.41) is 3.79. The summed E-state index contributed by atoms with van der Waals surface area (Å²) in [5.74, 6) is 0.0670. The van der Waals surface area contributed by atoms with Crippen LogP contribution in [0.15, 0.2) is 48.5 Å². The van der Waals surface area contributed by atoms with E-state index in [0.717, 1.165) is 22.6 Å². The summed E-state index contributed by atoms with van der Waals surface area (Å²) in [6.07, 6.45) is 1.20. The number of rotatable bonds is 5. The average molecular weight is 344 g/mol. The van der Waals surface area contributed by atoms with Crippen molar-refractivity contribution in [2.75, 3.05) is 0 Å². The van der Waals surface area contributed by atoms with Crippen LogP contribution in [-0.4, -0.2) is 5.91 Å². The molecular formula is C21H26ClNO. The fraction of sp³-hybridized carbons (Fsp3) is 0.381. The highest BCUT2D eigenvalue weighted by molar-refractivity contribution is 6.30. The van der Waals surface area contributed by atoms with E-state index in [1.54, 1.807) is 0 Å². The zero-order chi connectivity index (χ0) is 17.7. The minimum atomic E-state index is 0.0109. The first-order chi connectivity index (χ1) is 11.3. The monoisotopic (exact) mass is 343 g/mol. The lowest BCUT2D eigenvalue weighted by atomic mass is 9.86. The van der Waals surface area contributed by atoms with Gasteiger partial charge in [0, 0.05) is 11.4 Å². The number of halogens is 1. The van der Waals surface area contributed by atoms with Crippen molar-refractivity contribution in [2.24, 2.45) is 0 Å². The summed E-state index contributed by atoms with van der Waals surface area (Å²) in [6, 6.07) is 16.1. The zero-order valence-corrected chi connectivity index (χ0v) is 15.7. The SMILES string of the molecule is C[C@@H](NC(=O)CCc1ccc(Cl)cc1)c1ccc(C(C)(C)C)cc1.